The number of nitrogens with one attached hydrogen (secondary N) is 1. The molecule has 1 aliphatic rings. The largest absolute Gasteiger partial charge is 0.344 e. The van der Waals surface area contributed by atoms with Crippen molar-refractivity contribution < 1.29 is 4.79 Å². The number of piperidine rings is 1. The molecule has 1 rings (SSSR count). The monoisotopic (exact) mass is 227 g/mol. The van der Waals surface area contributed by atoms with E-state index in [1.165, 1.54) is 0 Å². The Bertz CT molecular complexity index is 230. The molecule has 1 saturated heterocycles. The highest BCUT2D eigenvalue weighted by Gasteiger charge is 2.26. The summed E-state index contributed by atoms with van der Waals surface area (Å²) in [7, 11) is 5.98. The number of likely N-dealkylation sites (N-methyl/N-ethyl adjacent to an activating group) is 2. The fourth-order valence-electron chi connectivity index (χ4n) is 2.13. The maximum Gasteiger partial charge on any atom is 0.225 e. The molecule has 1 fully saturated rings. The Morgan fingerprint density at radius 3 is 2.56 bits per heavy atom. The van der Waals surface area contributed by atoms with E-state index >= 15 is 0 Å². The summed E-state index contributed by atoms with van der Waals surface area (Å²) in [5.74, 6) is 0.540. The molecular formula is C12H25N3O. The highest BCUT2D eigenvalue weighted by molar-refractivity contribution is 5.78. The normalized spacial score (nSPS) is 25.8. The van der Waals surface area contributed by atoms with Gasteiger partial charge in [0, 0.05) is 32.1 Å². The maximum absolute atomic E-state index is 12.1. The van der Waals surface area contributed by atoms with Crippen LogP contribution in [0.5, 0.6) is 0 Å². The van der Waals surface area contributed by atoms with Crippen LogP contribution >= 0.6 is 0 Å². The average Bonchev–Trinajstić information content (AvgIpc) is 2.24. The number of carbonyl (C=O) groups is 1. The maximum atomic E-state index is 12.1. The molecule has 2 atom stereocenters. The Kier molecular flexibility index (Phi) is 5.22. The molecule has 2 unspecified atom stereocenters. The molecule has 0 bridgehead atoms. The molecule has 0 aliphatic carbocycles. The van der Waals surface area contributed by atoms with E-state index in [0.29, 0.717) is 11.9 Å². The summed E-state index contributed by atoms with van der Waals surface area (Å²) in [5.41, 5.74) is 0. The van der Waals surface area contributed by atoms with Gasteiger partial charge in [-0.05, 0) is 40.4 Å². The van der Waals surface area contributed by atoms with Gasteiger partial charge in [-0.1, -0.05) is 0 Å². The number of hydrogen-bond acceptors (Lipinski definition) is 3. The van der Waals surface area contributed by atoms with Crippen molar-refractivity contribution in [1.82, 2.24) is 15.1 Å². The molecule has 0 aromatic heterocycles. The zero-order valence-corrected chi connectivity index (χ0v) is 11.0. The smallest absolute Gasteiger partial charge is 0.225 e. The molecule has 0 radical (unpaired) electrons. The third kappa shape index (κ3) is 4.10. The second-order valence-electron chi connectivity index (χ2n) is 5.14. The van der Waals surface area contributed by atoms with E-state index in [4.69, 9.17) is 0 Å². The van der Waals surface area contributed by atoms with E-state index in [-0.39, 0.29) is 5.92 Å². The van der Waals surface area contributed by atoms with E-state index in [1.807, 2.05) is 26.0 Å². The van der Waals surface area contributed by atoms with Gasteiger partial charge in [0.2, 0.25) is 5.91 Å². The lowest BCUT2D eigenvalue weighted by Gasteiger charge is -2.30. The lowest BCUT2D eigenvalue weighted by atomic mass is 9.92. The quantitative estimate of drug-likeness (QED) is 0.755. The fourth-order valence-corrected chi connectivity index (χ4v) is 2.13. The van der Waals surface area contributed by atoms with E-state index in [1.54, 1.807) is 0 Å². The highest BCUT2D eigenvalue weighted by Crippen LogP contribution is 2.18. The first kappa shape index (κ1) is 13.5. The average molecular weight is 227 g/mol. The molecule has 16 heavy (non-hydrogen) atoms. The standard InChI is InChI=1S/C12H25N3O/c1-10-9-11(5-6-13-10)12(16)15(4)8-7-14(2)3/h10-11,13H,5-9H2,1-4H3. The Morgan fingerprint density at radius 2 is 2.00 bits per heavy atom. The number of hydrogen-bond donors (Lipinski definition) is 1. The molecule has 94 valence electrons. The second kappa shape index (κ2) is 6.21. The zero-order valence-electron chi connectivity index (χ0n) is 11.0. The fraction of sp³-hybridized carbons (Fsp3) is 0.917. The van der Waals surface area contributed by atoms with Crippen LogP contribution in [0.3, 0.4) is 0 Å². The molecule has 0 aromatic rings. The van der Waals surface area contributed by atoms with Gasteiger partial charge >= 0.3 is 0 Å². The highest BCUT2D eigenvalue weighted by atomic mass is 16.2. The predicted octanol–water partition coefficient (Wildman–Crippen LogP) is 0.395. The van der Waals surface area contributed by atoms with Gasteiger partial charge in [0.1, 0.15) is 0 Å². The topological polar surface area (TPSA) is 35.6 Å². The van der Waals surface area contributed by atoms with Crippen LogP contribution in [0, 0.1) is 5.92 Å². The lowest BCUT2D eigenvalue weighted by Crippen LogP contribution is -2.44. The zero-order chi connectivity index (χ0) is 12.1. The van der Waals surface area contributed by atoms with Crippen LogP contribution in [0.2, 0.25) is 0 Å². The number of rotatable bonds is 4. The summed E-state index contributed by atoms with van der Waals surface area (Å²) >= 11 is 0. The van der Waals surface area contributed by atoms with Crippen molar-refractivity contribution in [2.24, 2.45) is 5.92 Å². The summed E-state index contributed by atoms with van der Waals surface area (Å²) in [6.07, 6.45) is 1.96. The second-order valence-corrected chi connectivity index (χ2v) is 5.14. The minimum absolute atomic E-state index is 0.225. The van der Waals surface area contributed by atoms with Gasteiger partial charge in [-0.15, -0.1) is 0 Å². The minimum Gasteiger partial charge on any atom is -0.344 e. The van der Waals surface area contributed by atoms with Crippen LogP contribution in [-0.2, 0) is 4.79 Å². The first-order valence-electron chi connectivity index (χ1n) is 6.13. The predicted molar refractivity (Wildman–Crippen MR) is 66.4 cm³/mol. The van der Waals surface area contributed by atoms with Crippen LogP contribution in [-0.4, -0.2) is 62.5 Å². The van der Waals surface area contributed by atoms with E-state index in [0.717, 1.165) is 32.5 Å². The number of nitrogens with zero attached hydrogens (tertiary/aromatic N) is 2. The molecule has 1 amide bonds. The first-order valence-corrected chi connectivity index (χ1v) is 6.13. The molecule has 0 aromatic carbocycles. The summed E-state index contributed by atoms with van der Waals surface area (Å²) in [6, 6.07) is 0.477. The first-order chi connectivity index (χ1) is 7.50. The molecule has 4 heteroatoms. The third-order valence-corrected chi connectivity index (χ3v) is 3.23. The summed E-state index contributed by atoms with van der Waals surface area (Å²) < 4.78 is 0. The molecule has 0 saturated carbocycles. The Morgan fingerprint density at radius 1 is 1.31 bits per heavy atom. The molecule has 1 heterocycles. The van der Waals surface area contributed by atoms with E-state index in [9.17, 15) is 4.79 Å². The Labute approximate surface area is 99.0 Å². The molecule has 1 N–H and O–H groups in total. The third-order valence-electron chi connectivity index (χ3n) is 3.23. The van der Waals surface area contributed by atoms with Crippen molar-refractivity contribution in [3.63, 3.8) is 0 Å². The van der Waals surface area contributed by atoms with Crippen molar-refractivity contribution in [2.45, 2.75) is 25.8 Å². The van der Waals surface area contributed by atoms with Crippen LogP contribution in [0.1, 0.15) is 19.8 Å². The molecule has 4 nitrogen and oxygen atoms in total. The van der Waals surface area contributed by atoms with Crippen molar-refractivity contribution in [3.8, 4) is 0 Å². The van der Waals surface area contributed by atoms with Crippen molar-refractivity contribution >= 4 is 5.91 Å². The van der Waals surface area contributed by atoms with E-state index < -0.39 is 0 Å². The summed E-state index contributed by atoms with van der Waals surface area (Å²) in [6.45, 7) is 4.88. The van der Waals surface area contributed by atoms with Crippen LogP contribution in [0.15, 0.2) is 0 Å². The van der Waals surface area contributed by atoms with Gasteiger partial charge in [-0.25, -0.2) is 0 Å². The SMILES string of the molecule is CC1CC(C(=O)N(C)CCN(C)C)CCN1. The van der Waals surface area contributed by atoms with Crippen molar-refractivity contribution in [1.29, 1.82) is 0 Å². The Balaban J connectivity index is 2.37. The van der Waals surface area contributed by atoms with Gasteiger partial charge in [0.15, 0.2) is 0 Å². The van der Waals surface area contributed by atoms with Gasteiger partial charge in [-0.3, -0.25) is 4.79 Å². The van der Waals surface area contributed by atoms with Gasteiger partial charge in [-0.2, -0.15) is 0 Å². The number of carbonyl (C=O) groups excluding carboxylic acids is 1. The van der Waals surface area contributed by atoms with Crippen molar-refractivity contribution in [3.05, 3.63) is 0 Å². The van der Waals surface area contributed by atoms with Crippen LogP contribution in [0.4, 0.5) is 0 Å². The van der Waals surface area contributed by atoms with Crippen LogP contribution in [0.25, 0.3) is 0 Å². The number of amides is 1. The van der Waals surface area contributed by atoms with Gasteiger partial charge in [0.05, 0.1) is 0 Å². The summed E-state index contributed by atoms with van der Waals surface area (Å²) in [4.78, 5) is 16.1. The molecule has 1 aliphatic heterocycles. The summed E-state index contributed by atoms with van der Waals surface area (Å²) in [5, 5.41) is 3.38. The molecular weight excluding hydrogens is 202 g/mol. The minimum atomic E-state index is 0.225. The van der Waals surface area contributed by atoms with Crippen LogP contribution < -0.4 is 5.32 Å². The Hall–Kier alpha value is -0.610. The van der Waals surface area contributed by atoms with E-state index in [2.05, 4.69) is 17.1 Å². The lowest BCUT2D eigenvalue weighted by molar-refractivity contribution is -0.135. The van der Waals surface area contributed by atoms with Gasteiger partial charge in [0.25, 0.3) is 0 Å². The molecule has 0 spiro atoms. The van der Waals surface area contributed by atoms with Crippen molar-refractivity contribution in [2.75, 3.05) is 40.8 Å². The van der Waals surface area contributed by atoms with Gasteiger partial charge < -0.3 is 15.1 Å².